The molecule has 0 saturated heterocycles. The van der Waals surface area contributed by atoms with E-state index in [1.54, 1.807) is 0 Å². The van der Waals surface area contributed by atoms with Crippen LogP contribution in [-0.4, -0.2) is 24.4 Å². The van der Waals surface area contributed by atoms with Gasteiger partial charge in [-0.3, -0.25) is 4.79 Å². The topological polar surface area (TPSA) is 17.1 Å². The minimum Gasteiger partial charge on any atom is -0.289 e. The molecule has 1 nitrogen and oxygen atoms in total. The SMILES string of the molecule is Cc1ccc(C)c(C(=O)Pc2ccccc2)c1C.[Li]. The van der Waals surface area contributed by atoms with Crippen molar-refractivity contribution < 1.29 is 4.79 Å². The maximum atomic E-state index is 12.4. The molecule has 19 heavy (non-hydrogen) atoms. The smallest absolute Gasteiger partial charge is 0.186 e. The molecule has 0 N–H and O–H groups in total. The Morgan fingerprint density at radius 1 is 0.895 bits per heavy atom. The van der Waals surface area contributed by atoms with Crippen molar-refractivity contribution in [1.29, 1.82) is 0 Å². The molecule has 0 bridgehead atoms. The molecule has 2 rings (SSSR count). The second kappa shape index (κ2) is 7.06. The predicted molar refractivity (Wildman–Crippen MR) is 85.1 cm³/mol. The van der Waals surface area contributed by atoms with E-state index >= 15 is 0 Å². The fourth-order valence-electron chi connectivity index (χ4n) is 2.02. The number of rotatable bonds is 3. The largest absolute Gasteiger partial charge is 0.289 e. The number of benzene rings is 2. The Hall–Kier alpha value is -0.863. The first-order valence-corrected chi connectivity index (χ1v) is 7.03. The standard InChI is InChI=1S/C16H17OP.Li/c1-11-9-10-12(2)15(13(11)3)16(17)18-14-7-5-4-6-8-14;/h4-10,18H,1-3H3;. The van der Waals surface area contributed by atoms with Crippen molar-refractivity contribution in [1.82, 2.24) is 0 Å². The van der Waals surface area contributed by atoms with Gasteiger partial charge in [0, 0.05) is 24.4 Å². The van der Waals surface area contributed by atoms with E-state index in [9.17, 15) is 4.79 Å². The molecule has 2 aromatic rings. The van der Waals surface area contributed by atoms with Crippen molar-refractivity contribution in [3.63, 3.8) is 0 Å². The zero-order valence-electron chi connectivity index (χ0n) is 11.9. The summed E-state index contributed by atoms with van der Waals surface area (Å²) in [5.41, 5.74) is 4.51. The van der Waals surface area contributed by atoms with Crippen LogP contribution in [0.2, 0.25) is 0 Å². The third-order valence-corrected chi connectivity index (χ3v) is 4.30. The fourth-order valence-corrected chi connectivity index (χ4v) is 3.15. The van der Waals surface area contributed by atoms with E-state index in [2.05, 4.69) is 13.0 Å². The van der Waals surface area contributed by atoms with Gasteiger partial charge in [-0.25, -0.2) is 0 Å². The van der Waals surface area contributed by atoms with E-state index in [0.717, 1.165) is 22.0 Å². The van der Waals surface area contributed by atoms with Crippen LogP contribution >= 0.6 is 8.58 Å². The second-order valence-electron chi connectivity index (χ2n) is 4.52. The average Bonchev–Trinajstić information content (AvgIpc) is 2.36. The minimum atomic E-state index is 0. The molecule has 1 atom stereocenters. The fraction of sp³-hybridized carbons (Fsp3) is 0.188. The van der Waals surface area contributed by atoms with Gasteiger partial charge in [0.15, 0.2) is 5.52 Å². The zero-order valence-corrected chi connectivity index (χ0v) is 12.9. The summed E-state index contributed by atoms with van der Waals surface area (Å²) in [7, 11) is 0.206. The summed E-state index contributed by atoms with van der Waals surface area (Å²) < 4.78 is 0. The molecular formula is C16H17LiOP. The molecule has 0 saturated carbocycles. The molecule has 2 aromatic carbocycles. The van der Waals surface area contributed by atoms with Crippen LogP contribution in [0.25, 0.3) is 0 Å². The normalized spacial score (nSPS) is 10.5. The van der Waals surface area contributed by atoms with E-state index in [4.69, 9.17) is 0 Å². The molecule has 0 heterocycles. The summed E-state index contributed by atoms with van der Waals surface area (Å²) in [6.45, 7) is 6.09. The van der Waals surface area contributed by atoms with Crippen LogP contribution in [0.1, 0.15) is 27.0 Å². The van der Waals surface area contributed by atoms with Crippen LogP contribution in [0.5, 0.6) is 0 Å². The van der Waals surface area contributed by atoms with Crippen LogP contribution in [0, 0.1) is 20.8 Å². The molecule has 1 unspecified atom stereocenters. The molecule has 3 heteroatoms. The number of hydrogen-bond donors (Lipinski definition) is 0. The van der Waals surface area contributed by atoms with Gasteiger partial charge >= 0.3 is 0 Å². The molecule has 0 spiro atoms. The van der Waals surface area contributed by atoms with Crippen molar-refractivity contribution in [2.45, 2.75) is 20.8 Å². The summed E-state index contributed by atoms with van der Waals surface area (Å²) in [4.78, 5) is 12.4. The first kappa shape index (κ1) is 16.2. The predicted octanol–water partition coefficient (Wildman–Crippen LogP) is 3.38. The molecule has 0 aliphatic rings. The molecule has 93 valence electrons. The third-order valence-electron chi connectivity index (χ3n) is 3.20. The van der Waals surface area contributed by atoms with E-state index in [-0.39, 0.29) is 33.0 Å². The van der Waals surface area contributed by atoms with Crippen molar-refractivity contribution >= 4 is 38.3 Å². The van der Waals surface area contributed by atoms with Gasteiger partial charge in [0.05, 0.1) is 0 Å². The number of carbonyl (C=O) groups excluding carboxylic acids is 1. The summed E-state index contributed by atoms with van der Waals surface area (Å²) in [6.07, 6.45) is 0. The Bertz CT molecular complexity index is 579. The summed E-state index contributed by atoms with van der Waals surface area (Å²) in [5, 5.41) is 1.10. The Labute approximate surface area is 128 Å². The van der Waals surface area contributed by atoms with Crippen LogP contribution in [-0.2, 0) is 0 Å². The van der Waals surface area contributed by atoms with Crippen molar-refractivity contribution in [2.24, 2.45) is 0 Å². The van der Waals surface area contributed by atoms with Crippen LogP contribution in [0.4, 0.5) is 0 Å². The molecule has 0 amide bonds. The summed E-state index contributed by atoms with van der Waals surface area (Å²) in [5.74, 6) is 0. The molecule has 1 radical (unpaired) electrons. The molecule has 0 fully saturated rings. The Morgan fingerprint density at radius 3 is 2.11 bits per heavy atom. The van der Waals surface area contributed by atoms with Gasteiger partial charge in [-0.2, -0.15) is 0 Å². The Morgan fingerprint density at radius 2 is 1.47 bits per heavy atom. The van der Waals surface area contributed by atoms with Gasteiger partial charge < -0.3 is 0 Å². The molecule has 0 aliphatic heterocycles. The first-order chi connectivity index (χ1) is 8.59. The molecular weight excluding hydrogens is 246 g/mol. The Balaban J connectivity index is 0.00000180. The maximum absolute atomic E-state index is 12.4. The average molecular weight is 263 g/mol. The first-order valence-electron chi connectivity index (χ1n) is 6.03. The van der Waals surface area contributed by atoms with E-state index < -0.39 is 0 Å². The van der Waals surface area contributed by atoms with E-state index in [1.165, 1.54) is 5.56 Å². The van der Waals surface area contributed by atoms with Gasteiger partial charge in [0.1, 0.15) is 0 Å². The van der Waals surface area contributed by atoms with Crippen molar-refractivity contribution in [3.8, 4) is 0 Å². The van der Waals surface area contributed by atoms with Crippen molar-refractivity contribution in [3.05, 3.63) is 64.7 Å². The van der Waals surface area contributed by atoms with E-state index in [1.807, 2.05) is 50.2 Å². The number of aryl methyl sites for hydroxylation is 2. The summed E-state index contributed by atoms with van der Waals surface area (Å²) in [6, 6.07) is 14.1. The third kappa shape index (κ3) is 3.80. The van der Waals surface area contributed by atoms with Gasteiger partial charge in [0.25, 0.3) is 0 Å². The van der Waals surface area contributed by atoms with Crippen molar-refractivity contribution in [2.75, 3.05) is 0 Å². The Kier molecular flexibility index (Phi) is 6.02. The van der Waals surface area contributed by atoms with Crippen LogP contribution in [0.15, 0.2) is 42.5 Å². The monoisotopic (exact) mass is 263 g/mol. The number of carbonyl (C=O) groups is 1. The van der Waals surface area contributed by atoms with Gasteiger partial charge in [0.2, 0.25) is 0 Å². The minimum absolute atomic E-state index is 0. The summed E-state index contributed by atoms with van der Waals surface area (Å²) >= 11 is 0. The maximum Gasteiger partial charge on any atom is 0.186 e. The molecule has 0 aromatic heterocycles. The zero-order chi connectivity index (χ0) is 13.1. The quantitative estimate of drug-likeness (QED) is 0.613. The van der Waals surface area contributed by atoms with Gasteiger partial charge in [-0.05, 0) is 51.3 Å². The molecule has 0 aliphatic carbocycles. The van der Waals surface area contributed by atoms with Crippen LogP contribution in [0.3, 0.4) is 0 Å². The van der Waals surface area contributed by atoms with E-state index in [0.29, 0.717) is 0 Å². The van der Waals surface area contributed by atoms with Crippen LogP contribution < -0.4 is 5.30 Å². The number of hydrogen-bond acceptors (Lipinski definition) is 1. The van der Waals surface area contributed by atoms with Gasteiger partial charge in [-0.1, -0.05) is 42.5 Å². The van der Waals surface area contributed by atoms with Gasteiger partial charge in [-0.15, -0.1) is 0 Å². The second-order valence-corrected chi connectivity index (χ2v) is 5.80.